The van der Waals surface area contributed by atoms with Gasteiger partial charge < -0.3 is 15.0 Å². The number of carbonyl (C=O) groups is 2. The van der Waals surface area contributed by atoms with E-state index in [1.807, 2.05) is 13.8 Å². The summed E-state index contributed by atoms with van der Waals surface area (Å²) in [4.78, 5) is 40.0. The van der Waals surface area contributed by atoms with E-state index in [0.717, 1.165) is 67.6 Å². The van der Waals surface area contributed by atoms with E-state index >= 15 is 0 Å². The fourth-order valence-corrected chi connectivity index (χ4v) is 8.53. The number of nitrogens with one attached hydrogen (secondary N) is 2. The van der Waals surface area contributed by atoms with Crippen molar-refractivity contribution in [2.45, 2.75) is 71.3 Å². The molecular weight excluding hydrogens is 546 g/mol. The Morgan fingerprint density at radius 3 is 2.26 bits per heavy atom. The summed E-state index contributed by atoms with van der Waals surface area (Å²) in [6, 6.07) is 5.91. The Morgan fingerprint density at radius 1 is 1.05 bits per heavy atom. The number of hydrogen-bond donors (Lipinski definition) is 2. The highest BCUT2D eigenvalue weighted by Crippen LogP contribution is 2.60. The number of nitro groups is 1. The average Bonchev–Trinajstić information content (AvgIpc) is 3.37. The number of carbonyl (C=O) groups excluding carboxylic acids is 2. The summed E-state index contributed by atoms with van der Waals surface area (Å²) in [6.07, 6.45) is 12.1. The van der Waals surface area contributed by atoms with Crippen molar-refractivity contribution in [3.8, 4) is 0 Å². The number of nitro benzene ring substituents is 1. The van der Waals surface area contributed by atoms with Crippen LogP contribution >= 0.6 is 0 Å². The van der Waals surface area contributed by atoms with Gasteiger partial charge in [-0.05, 0) is 110 Å². The first-order valence-electron chi connectivity index (χ1n) is 15.9. The molecule has 1 saturated heterocycles. The Balaban J connectivity index is 1.16. The first kappa shape index (κ1) is 29.5. The van der Waals surface area contributed by atoms with Gasteiger partial charge >= 0.3 is 0 Å². The second kappa shape index (κ2) is 12.2. The van der Waals surface area contributed by atoms with Gasteiger partial charge in [-0.15, -0.1) is 0 Å². The Labute approximate surface area is 253 Å². The van der Waals surface area contributed by atoms with Crippen LogP contribution in [-0.2, 0) is 14.3 Å². The van der Waals surface area contributed by atoms with Crippen molar-refractivity contribution in [1.29, 1.82) is 0 Å². The standard InChI is InChI=1S/C33H43N5O5/c1-21(2)29(35-32(40)33-17-23-13-24(18-33)15-25(14-23)19-33)31(39)36-34-20-27-6-5-26(30(27)37-9-11-43-12-10-37)16-22-3-7-28(8-4-22)38(41)42/h3-4,7-8,16,20-21,23-25,29H,5-6,9-15,17-19H2,1-2H3,(H,35,40)(H,36,39)/b26-16+,34-20-/t23?,24?,25?,29-,33?/m0/s1. The van der Waals surface area contributed by atoms with Gasteiger partial charge in [-0.2, -0.15) is 5.10 Å². The summed E-state index contributed by atoms with van der Waals surface area (Å²) in [7, 11) is 0. The van der Waals surface area contributed by atoms with E-state index in [0.29, 0.717) is 31.0 Å². The van der Waals surface area contributed by atoms with Crippen LogP contribution in [0, 0.1) is 39.2 Å². The van der Waals surface area contributed by atoms with Crippen molar-refractivity contribution in [1.82, 2.24) is 15.6 Å². The molecule has 230 valence electrons. The maximum absolute atomic E-state index is 13.7. The molecule has 2 amide bonds. The second-order valence-corrected chi connectivity index (χ2v) is 13.6. The third-order valence-electron chi connectivity index (χ3n) is 10.2. The molecule has 1 atom stereocenters. The average molecular weight is 590 g/mol. The Hall–Kier alpha value is -3.53. The molecule has 0 radical (unpaired) electrons. The number of hydrogen-bond acceptors (Lipinski definition) is 7. The molecule has 0 unspecified atom stereocenters. The van der Waals surface area contributed by atoms with Crippen molar-refractivity contribution >= 4 is 29.8 Å². The van der Waals surface area contributed by atoms with E-state index in [-0.39, 0.29) is 28.8 Å². The predicted octanol–water partition coefficient (Wildman–Crippen LogP) is 4.82. The van der Waals surface area contributed by atoms with Crippen molar-refractivity contribution in [3.63, 3.8) is 0 Å². The first-order chi connectivity index (χ1) is 20.7. The number of rotatable bonds is 9. The molecule has 1 aliphatic heterocycles. The first-order valence-corrected chi connectivity index (χ1v) is 15.9. The highest BCUT2D eigenvalue weighted by atomic mass is 16.6. The number of allylic oxidation sites excluding steroid dienone is 2. The van der Waals surface area contributed by atoms with Gasteiger partial charge in [0.25, 0.3) is 11.6 Å². The lowest BCUT2D eigenvalue weighted by Gasteiger charge is -2.55. The number of nitrogens with zero attached hydrogens (tertiary/aromatic N) is 3. The largest absolute Gasteiger partial charge is 0.378 e. The Bertz CT molecular complexity index is 1310. The number of morpholine rings is 1. The number of non-ortho nitro benzene ring substituents is 1. The number of hydrazone groups is 1. The molecular formula is C33H43N5O5. The van der Waals surface area contributed by atoms with E-state index in [4.69, 9.17) is 4.74 Å². The van der Waals surface area contributed by atoms with Gasteiger partial charge in [0.1, 0.15) is 6.04 Å². The van der Waals surface area contributed by atoms with E-state index in [2.05, 4.69) is 26.8 Å². The monoisotopic (exact) mass is 589 g/mol. The molecule has 6 aliphatic rings. The van der Waals surface area contributed by atoms with Crippen LogP contribution in [0.15, 0.2) is 46.2 Å². The number of amides is 2. The van der Waals surface area contributed by atoms with Crippen LogP contribution in [-0.4, -0.2) is 60.2 Å². The van der Waals surface area contributed by atoms with Crippen molar-refractivity contribution in [2.24, 2.45) is 34.2 Å². The summed E-state index contributed by atoms with van der Waals surface area (Å²) < 4.78 is 5.58. The van der Waals surface area contributed by atoms with Crippen molar-refractivity contribution in [2.75, 3.05) is 26.3 Å². The molecule has 43 heavy (non-hydrogen) atoms. The molecule has 1 aromatic carbocycles. The van der Waals surface area contributed by atoms with Crippen LogP contribution in [0.25, 0.3) is 6.08 Å². The molecule has 2 N–H and O–H groups in total. The predicted molar refractivity (Wildman–Crippen MR) is 164 cm³/mol. The third-order valence-corrected chi connectivity index (χ3v) is 10.2. The summed E-state index contributed by atoms with van der Waals surface area (Å²) in [5.74, 6) is 1.67. The van der Waals surface area contributed by atoms with Crippen molar-refractivity contribution < 1.29 is 19.2 Å². The van der Waals surface area contributed by atoms with Gasteiger partial charge in [-0.25, -0.2) is 5.43 Å². The summed E-state index contributed by atoms with van der Waals surface area (Å²) in [5.41, 5.74) is 6.62. The molecule has 10 heteroatoms. The molecule has 0 spiro atoms. The summed E-state index contributed by atoms with van der Waals surface area (Å²) in [5, 5.41) is 18.6. The lowest BCUT2D eigenvalue weighted by Crippen LogP contribution is -2.58. The molecule has 7 rings (SSSR count). The fourth-order valence-electron chi connectivity index (χ4n) is 8.53. The van der Waals surface area contributed by atoms with Gasteiger partial charge in [0, 0.05) is 36.3 Å². The summed E-state index contributed by atoms with van der Waals surface area (Å²) in [6.45, 7) is 6.69. The molecule has 1 heterocycles. The highest BCUT2D eigenvalue weighted by Gasteiger charge is 2.55. The van der Waals surface area contributed by atoms with Crippen molar-refractivity contribution in [3.05, 3.63) is 56.8 Å². The van der Waals surface area contributed by atoms with E-state index in [9.17, 15) is 19.7 Å². The third kappa shape index (κ3) is 6.25. The second-order valence-electron chi connectivity index (χ2n) is 13.6. The van der Waals surface area contributed by atoms with Crippen LogP contribution < -0.4 is 10.7 Å². The zero-order chi connectivity index (χ0) is 30.1. The minimum absolute atomic E-state index is 0.0542. The molecule has 4 saturated carbocycles. The van der Waals surface area contributed by atoms with Gasteiger partial charge in [-0.3, -0.25) is 19.7 Å². The molecule has 0 aromatic heterocycles. The molecule has 5 aliphatic carbocycles. The smallest absolute Gasteiger partial charge is 0.269 e. The molecule has 4 bridgehead atoms. The molecule has 10 nitrogen and oxygen atoms in total. The lowest BCUT2D eigenvalue weighted by atomic mass is 9.49. The van der Waals surface area contributed by atoms with Crippen LogP contribution in [0.4, 0.5) is 5.69 Å². The SMILES string of the molecule is CC(C)[C@H](NC(=O)C12CC3CC(CC(C3)C1)C2)C(=O)N/N=C\C1=C(N2CCOCC2)C(=C/c2ccc([N+](=O)[O-])cc2)/CC1. The Kier molecular flexibility index (Phi) is 8.40. The maximum Gasteiger partial charge on any atom is 0.269 e. The Morgan fingerprint density at radius 2 is 1.67 bits per heavy atom. The maximum atomic E-state index is 13.7. The highest BCUT2D eigenvalue weighted by molar-refractivity contribution is 5.91. The normalized spacial score (nSPS) is 30.0. The zero-order valence-corrected chi connectivity index (χ0v) is 25.2. The van der Waals surface area contributed by atoms with E-state index in [1.54, 1.807) is 18.3 Å². The molecule has 1 aromatic rings. The minimum atomic E-state index is -0.647. The van der Waals surface area contributed by atoms with E-state index < -0.39 is 11.0 Å². The minimum Gasteiger partial charge on any atom is -0.378 e. The fraction of sp³-hybridized carbons (Fsp3) is 0.606. The molecule has 5 fully saturated rings. The lowest BCUT2D eigenvalue weighted by molar-refractivity contribution is -0.384. The van der Waals surface area contributed by atoms with Gasteiger partial charge in [0.2, 0.25) is 5.91 Å². The van der Waals surface area contributed by atoms with Crippen LogP contribution in [0.3, 0.4) is 0 Å². The quantitative estimate of drug-likeness (QED) is 0.242. The topological polar surface area (TPSA) is 126 Å². The van der Waals surface area contributed by atoms with Gasteiger partial charge in [-0.1, -0.05) is 13.8 Å². The van der Waals surface area contributed by atoms with Gasteiger partial charge in [0.15, 0.2) is 0 Å². The van der Waals surface area contributed by atoms with Crippen LogP contribution in [0.1, 0.15) is 70.8 Å². The van der Waals surface area contributed by atoms with E-state index in [1.165, 1.54) is 31.4 Å². The zero-order valence-electron chi connectivity index (χ0n) is 25.2. The van der Waals surface area contributed by atoms with Crippen LogP contribution in [0.5, 0.6) is 0 Å². The number of ether oxygens (including phenoxy) is 1. The summed E-state index contributed by atoms with van der Waals surface area (Å²) >= 11 is 0. The number of benzene rings is 1. The van der Waals surface area contributed by atoms with Gasteiger partial charge in [0.05, 0.1) is 24.4 Å². The van der Waals surface area contributed by atoms with Crippen LogP contribution in [0.2, 0.25) is 0 Å².